The molecule has 1 fully saturated rings. The lowest BCUT2D eigenvalue weighted by Crippen LogP contribution is -2.24. The summed E-state index contributed by atoms with van der Waals surface area (Å²) in [7, 11) is 1.88. The third kappa shape index (κ3) is 4.06. The molecule has 0 radical (unpaired) electrons. The molecule has 3 aromatic rings. The first kappa shape index (κ1) is 18.9. The van der Waals surface area contributed by atoms with Crippen LogP contribution in [0.1, 0.15) is 34.3 Å². The van der Waals surface area contributed by atoms with Gasteiger partial charge in [-0.05, 0) is 36.6 Å². The first-order chi connectivity index (χ1) is 14.0. The van der Waals surface area contributed by atoms with Gasteiger partial charge in [0.15, 0.2) is 0 Å². The Hall–Kier alpha value is -3.41. The molecule has 1 aliphatic heterocycles. The normalized spacial score (nSPS) is 13.7. The van der Waals surface area contributed by atoms with Gasteiger partial charge in [0, 0.05) is 32.1 Å². The fourth-order valence-corrected chi connectivity index (χ4v) is 3.59. The van der Waals surface area contributed by atoms with Crippen molar-refractivity contribution in [3.63, 3.8) is 0 Å². The molecule has 1 aliphatic rings. The minimum atomic E-state index is -0.219. The number of imidazole rings is 1. The second kappa shape index (κ2) is 7.91. The molecule has 2 heterocycles. The molecule has 0 saturated carbocycles. The molecule has 0 spiro atoms. The monoisotopic (exact) mass is 388 g/mol. The summed E-state index contributed by atoms with van der Waals surface area (Å²) >= 11 is 0. The Morgan fingerprint density at radius 3 is 2.69 bits per heavy atom. The molecule has 2 aromatic carbocycles. The number of carbonyl (C=O) groups excluding carboxylic acids is 2. The van der Waals surface area contributed by atoms with Crippen LogP contribution in [0.2, 0.25) is 0 Å². The number of likely N-dealkylation sites (tertiary alicyclic amines) is 1. The minimum Gasteiger partial charge on any atom is -0.338 e. The highest BCUT2D eigenvalue weighted by molar-refractivity contribution is 6.03. The van der Waals surface area contributed by atoms with Crippen LogP contribution in [0.25, 0.3) is 11.3 Å². The fraction of sp³-hybridized carbons (Fsp3) is 0.261. The third-order valence-electron chi connectivity index (χ3n) is 5.29. The van der Waals surface area contributed by atoms with Gasteiger partial charge in [-0.3, -0.25) is 14.9 Å². The number of rotatable bonds is 5. The van der Waals surface area contributed by atoms with Gasteiger partial charge in [0.2, 0.25) is 11.9 Å². The lowest BCUT2D eigenvalue weighted by atomic mass is 10.1. The van der Waals surface area contributed by atoms with Crippen LogP contribution in [0.3, 0.4) is 0 Å². The molecule has 0 bridgehead atoms. The lowest BCUT2D eigenvalue weighted by Gasteiger charge is -2.16. The zero-order chi connectivity index (χ0) is 20.4. The molecular formula is C23H24N4O2. The summed E-state index contributed by atoms with van der Waals surface area (Å²) < 4.78 is 1.87. The van der Waals surface area contributed by atoms with E-state index in [2.05, 4.69) is 22.4 Å². The maximum atomic E-state index is 12.8. The van der Waals surface area contributed by atoms with E-state index in [0.717, 1.165) is 29.8 Å². The molecule has 0 unspecified atom stereocenters. The predicted octanol–water partition coefficient (Wildman–Crippen LogP) is 3.77. The molecule has 6 nitrogen and oxygen atoms in total. The van der Waals surface area contributed by atoms with Gasteiger partial charge < -0.3 is 9.47 Å². The van der Waals surface area contributed by atoms with E-state index in [0.29, 0.717) is 24.5 Å². The van der Waals surface area contributed by atoms with E-state index in [1.165, 1.54) is 5.56 Å². The number of hydrogen-bond donors (Lipinski definition) is 1. The second-order valence-corrected chi connectivity index (χ2v) is 7.47. The van der Waals surface area contributed by atoms with Crippen molar-refractivity contribution in [3.8, 4) is 11.3 Å². The van der Waals surface area contributed by atoms with Gasteiger partial charge in [-0.1, -0.05) is 42.0 Å². The molecule has 1 aromatic heterocycles. The van der Waals surface area contributed by atoms with Crippen LogP contribution in [0, 0.1) is 6.92 Å². The van der Waals surface area contributed by atoms with Crippen LogP contribution in [-0.2, 0) is 18.4 Å². The molecule has 148 valence electrons. The lowest BCUT2D eigenvalue weighted by molar-refractivity contribution is -0.128. The van der Waals surface area contributed by atoms with Gasteiger partial charge >= 0.3 is 0 Å². The summed E-state index contributed by atoms with van der Waals surface area (Å²) in [4.78, 5) is 30.8. The molecule has 4 rings (SSSR count). The van der Waals surface area contributed by atoms with Crippen molar-refractivity contribution in [2.75, 3.05) is 11.9 Å². The molecule has 29 heavy (non-hydrogen) atoms. The van der Waals surface area contributed by atoms with Crippen LogP contribution < -0.4 is 5.32 Å². The predicted molar refractivity (Wildman–Crippen MR) is 112 cm³/mol. The van der Waals surface area contributed by atoms with Gasteiger partial charge in [-0.25, -0.2) is 4.98 Å². The Balaban J connectivity index is 1.49. The van der Waals surface area contributed by atoms with Gasteiger partial charge in [0.05, 0.1) is 11.9 Å². The summed E-state index contributed by atoms with van der Waals surface area (Å²) in [6.07, 6.45) is 3.28. The Labute approximate surface area is 170 Å². The molecular weight excluding hydrogens is 364 g/mol. The second-order valence-electron chi connectivity index (χ2n) is 7.47. The number of aryl methyl sites for hydroxylation is 1. The van der Waals surface area contributed by atoms with Crippen LogP contribution in [0.4, 0.5) is 5.95 Å². The third-order valence-corrected chi connectivity index (χ3v) is 5.29. The summed E-state index contributed by atoms with van der Waals surface area (Å²) in [5.41, 5.74) is 4.67. The van der Waals surface area contributed by atoms with Gasteiger partial charge in [-0.15, -0.1) is 0 Å². The van der Waals surface area contributed by atoms with Crippen LogP contribution in [0.15, 0.2) is 54.7 Å². The number of amides is 2. The Morgan fingerprint density at radius 1 is 1.17 bits per heavy atom. The van der Waals surface area contributed by atoms with Crippen LogP contribution in [-0.4, -0.2) is 32.8 Å². The smallest absolute Gasteiger partial charge is 0.257 e. The van der Waals surface area contributed by atoms with E-state index in [4.69, 9.17) is 0 Å². The zero-order valence-electron chi connectivity index (χ0n) is 16.7. The first-order valence-electron chi connectivity index (χ1n) is 9.78. The molecule has 0 atom stereocenters. The van der Waals surface area contributed by atoms with Crippen LogP contribution in [0.5, 0.6) is 0 Å². The van der Waals surface area contributed by atoms with E-state index in [1.807, 2.05) is 53.8 Å². The van der Waals surface area contributed by atoms with E-state index in [9.17, 15) is 9.59 Å². The van der Waals surface area contributed by atoms with Crippen molar-refractivity contribution < 1.29 is 9.59 Å². The zero-order valence-corrected chi connectivity index (χ0v) is 16.7. The average molecular weight is 388 g/mol. The number of benzene rings is 2. The summed E-state index contributed by atoms with van der Waals surface area (Å²) in [5.74, 6) is 0.450. The molecule has 6 heteroatoms. The topological polar surface area (TPSA) is 67.2 Å². The Kier molecular flexibility index (Phi) is 5.16. The van der Waals surface area contributed by atoms with E-state index >= 15 is 0 Å². The van der Waals surface area contributed by atoms with Gasteiger partial charge in [0.1, 0.15) is 0 Å². The van der Waals surface area contributed by atoms with Crippen molar-refractivity contribution in [2.45, 2.75) is 26.3 Å². The van der Waals surface area contributed by atoms with E-state index < -0.39 is 0 Å². The Morgan fingerprint density at radius 2 is 1.97 bits per heavy atom. The number of anilines is 1. The van der Waals surface area contributed by atoms with Crippen molar-refractivity contribution in [1.82, 2.24) is 14.5 Å². The summed E-state index contributed by atoms with van der Waals surface area (Å²) in [5, 5.41) is 2.89. The van der Waals surface area contributed by atoms with Gasteiger partial charge in [0.25, 0.3) is 5.91 Å². The molecule has 1 N–H and O–H groups in total. The highest BCUT2D eigenvalue weighted by Crippen LogP contribution is 2.23. The highest BCUT2D eigenvalue weighted by Gasteiger charge is 2.20. The standard InChI is InChI=1S/C23H24N4O2/c1-16-8-10-18(11-9-16)20-14-24-23(26(20)2)25-22(29)19-6-3-5-17(13-19)15-27-12-4-7-21(27)28/h3,5-6,8-11,13-14H,4,7,12,15H2,1-2H3,(H,24,25,29). The maximum absolute atomic E-state index is 12.8. The van der Waals surface area contributed by atoms with E-state index in [-0.39, 0.29) is 11.8 Å². The number of aromatic nitrogens is 2. The fourth-order valence-electron chi connectivity index (χ4n) is 3.59. The average Bonchev–Trinajstić information content (AvgIpc) is 3.28. The number of hydrogen-bond acceptors (Lipinski definition) is 3. The molecule has 0 aliphatic carbocycles. The Bertz CT molecular complexity index is 1050. The SMILES string of the molecule is Cc1ccc(-c2cnc(NC(=O)c3cccc(CN4CCCC4=O)c3)n2C)cc1. The minimum absolute atomic E-state index is 0.177. The van der Waals surface area contributed by atoms with Crippen molar-refractivity contribution >= 4 is 17.8 Å². The largest absolute Gasteiger partial charge is 0.338 e. The number of nitrogens with one attached hydrogen (secondary N) is 1. The van der Waals surface area contributed by atoms with E-state index in [1.54, 1.807) is 12.3 Å². The first-order valence-corrected chi connectivity index (χ1v) is 9.78. The number of carbonyl (C=O) groups is 2. The highest BCUT2D eigenvalue weighted by atomic mass is 16.2. The van der Waals surface area contributed by atoms with Crippen molar-refractivity contribution in [1.29, 1.82) is 0 Å². The van der Waals surface area contributed by atoms with Crippen molar-refractivity contribution in [2.24, 2.45) is 7.05 Å². The summed E-state index contributed by atoms with van der Waals surface area (Å²) in [6.45, 7) is 3.37. The summed E-state index contributed by atoms with van der Waals surface area (Å²) in [6, 6.07) is 15.6. The van der Waals surface area contributed by atoms with Gasteiger partial charge in [-0.2, -0.15) is 0 Å². The quantitative estimate of drug-likeness (QED) is 0.723. The molecule has 1 saturated heterocycles. The van der Waals surface area contributed by atoms with Crippen molar-refractivity contribution in [3.05, 3.63) is 71.4 Å². The molecule has 2 amide bonds. The number of nitrogens with zero attached hydrogens (tertiary/aromatic N) is 3. The maximum Gasteiger partial charge on any atom is 0.257 e. The van der Waals surface area contributed by atoms with Crippen LogP contribution >= 0.6 is 0 Å².